The van der Waals surface area contributed by atoms with Crippen molar-refractivity contribution in [2.45, 2.75) is 32.3 Å². The van der Waals surface area contributed by atoms with Crippen LogP contribution in [0.1, 0.15) is 26.7 Å². The molecule has 10 heteroatoms. The second-order valence-electron chi connectivity index (χ2n) is 9.26. The summed E-state index contributed by atoms with van der Waals surface area (Å²) in [5, 5.41) is 12.2. The second kappa shape index (κ2) is 12.2. The lowest BCUT2D eigenvalue weighted by Crippen LogP contribution is -2.47. The van der Waals surface area contributed by atoms with Gasteiger partial charge in [0.15, 0.2) is 12.2 Å². The third kappa shape index (κ3) is 6.95. The van der Waals surface area contributed by atoms with Gasteiger partial charge in [0.1, 0.15) is 17.2 Å². The molecule has 196 valence electrons. The van der Waals surface area contributed by atoms with Crippen LogP contribution in [0.3, 0.4) is 0 Å². The summed E-state index contributed by atoms with van der Waals surface area (Å²) in [7, 11) is 0. The minimum Gasteiger partial charge on any atom is -0.494 e. The summed E-state index contributed by atoms with van der Waals surface area (Å²) in [6.07, 6.45) is 1.96. The number of piperazine rings is 1. The Morgan fingerprint density at radius 1 is 1.11 bits per heavy atom. The molecule has 0 aromatic heterocycles. The molecule has 0 atom stereocenters. The normalized spacial score (nSPS) is 15.7. The lowest BCUT2D eigenvalue weighted by Gasteiger charge is -2.37. The monoisotopic (exact) mass is 519 g/mol. The van der Waals surface area contributed by atoms with Gasteiger partial charge in [-0.1, -0.05) is 12.1 Å². The van der Waals surface area contributed by atoms with Crippen LogP contribution in [0, 0.1) is 0 Å². The van der Waals surface area contributed by atoms with Gasteiger partial charge in [-0.2, -0.15) is 0 Å². The minimum atomic E-state index is -1.29. The lowest BCUT2D eigenvalue weighted by molar-refractivity contribution is -0.152. The molecular formula is C26H34ClN3O6. The maximum Gasteiger partial charge on any atom is 0.347 e. The van der Waals surface area contributed by atoms with Gasteiger partial charge in [-0.25, -0.2) is 4.79 Å². The van der Waals surface area contributed by atoms with E-state index in [1.165, 1.54) is 0 Å². The Balaban J connectivity index is 0.00000361. The molecule has 0 unspecified atom stereocenters. The number of para-hydroxylation sites is 2. The number of carbonyl (C=O) groups is 2. The molecule has 2 aromatic carbocycles. The van der Waals surface area contributed by atoms with Crippen molar-refractivity contribution in [1.82, 2.24) is 4.90 Å². The number of nitrogens with one attached hydrogen (secondary N) is 1. The van der Waals surface area contributed by atoms with Gasteiger partial charge < -0.3 is 29.5 Å². The van der Waals surface area contributed by atoms with E-state index in [2.05, 4.69) is 15.1 Å². The van der Waals surface area contributed by atoms with Gasteiger partial charge in [0, 0.05) is 32.2 Å². The van der Waals surface area contributed by atoms with Gasteiger partial charge in [-0.05, 0) is 57.5 Å². The van der Waals surface area contributed by atoms with E-state index in [0.717, 1.165) is 57.0 Å². The number of anilines is 2. The Bertz CT molecular complexity index is 1060. The molecule has 2 heterocycles. The van der Waals surface area contributed by atoms with E-state index >= 15 is 0 Å². The van der Waals surface area contributed by atoms with Gasteiger partial charge in [0.2, 0.25) is 0 Å². The first-order chi connectivity index (χ1) is 16.8. The van der Waals surface area contributed by atoms with Crippen molar-refractivity contribution in [3.05, 3.63) is 42.5 Å². The number of benzene rings is 2. The molecule has 2 aromatic rings. The smallest absolute Gasteiger partial charge is 0.347 e. The van der Waals surface area contributed by atoms with Crippen LogP contribution in [0.15, 0.2) is 42.5 Å². The first-order valence-corrected chi connectivity index (χ1v) is 12.0. The number of ether oxygens (including phenoxy) is 3. The highest BCUT2D eigenvalue weighted by Crippen LogP contribution is 2.33. The van der Waals surface area contributed by atoms with Crippen molar-refractivity contribution < 1.29 is 28.9 Å². The molecule has 0 spiro atoms. The molecule has 4 rings (SSSR count). The molecule has 0 saturated carbocycles. The fourth-order valence-electron chi connectivity index (χ4n) is 4.12. The summed E-state index contributed by atoms with van der Waals surface area (Å²) in [5.41, 5.74) is 0.289. The second-order valence-corrected chi connectivity index (χ2v) is 9.26. The largest absolute Gasteiger partial charge is 0.494 e. The number of rotatable bonds is 10. The average molecular weight is 520 g/mol. The summed E-state index contributed by atoms with van der Waals surface area (Å²) < 4.78 is 17.1. The Hall–Kier alpha value is -3.17. The number of fused-ring (bicyclic) bond motifs is 1. The van der Waals surface area contributed by atoms with Crippen LogP contribution in [0.4, 0.5) is 11.4 Å². The van der Waals surface area contributed by atoms with Gasteiger partial charge >= 0.3 is 5.97 Å². The van der Waals surface area contributed by atoms with E-state index in [9.17, 15) is 14.7 Å². The van der Waals surface area contributed by atoms with Crippen LogP contribution in [-0.2, 0) is 9.59 Å². The topological polar surface area (TPSA) is 101 Å². The number of carbonyl (C=O) groups excluding carboxylic acids is 1. The van der Waals surface area contributed by atoms with Crippen LogP contribution in [0.5, 0.6) is 17.2 Å². The summed E-state index contributed by atoms with van der Waals surface area (Å²) in [5.74, 6) is 0.827. The number of nitrogens with zero attached hydrogens (tertiary/aromatic N) is 2. The molecule has 2 N–H and O–H groups in total. The lowest BCUT2D eigenvalue weighted by atomic mass is 10.1. The van der Waals surface area contributed by atoms with E-state index in [-0.39, 0.29) is 24.9 Å². The first kappa shape index (κ1) is 27.4. The summed E-state index contributed by atoms with van der Waals surface area (Å²) in [6, 6.07) is 13.1. The van der Waals surface area contributed by atoms with Gasteiger partial charge in [-0.15, -0.1) is 12.4 Å². The zero-order valence-electron chi connectivity index (χ0n) is 20.7. The quantitative estimate of drug-likeness (QED) is 0.459. The number of halogens is 1. The van der Waals surface area contributed by atoms with E-state index < -0.39 is 11.6 Å². The Morgan fingerprint density at radius 3 is 2.61 bits per heavy atom. The third-order valence-corrected chi connectivity index (χ3v) is 6.18. The summed E-state index contributed by atoms with van der Waals surface area (Å²) in [4.78, 5) is 27.6. The number of hydrogen-bond acceptors (Lipinski definition) is 7. The highest BCUT2D eigenvalue weighted by Gasteiger charge is 2.31. The van der Waals surface area contributed by atoms with Crippen LogP contribution in [0.25, 0.3) is 0 Å². The fraction of sp³-hybridized carbons (Fsp3) is 0.462. The predicted molar refractivity (Wildman–Crippen MR) is 140 cm³/mol. The molecule has 0 bridgehead atoms. The van der Waals surface area contributed by atoms with Crippen molar-refractivity contribution in [2.24, 2.45) is 0 Å². The SMILES string of the molecule is CC(C)(Oc1ccccc1N1CCN(CCCCOc2ccc3c(c2)NC(=O)CO3)CC1)C(=O)O.Cl. The van der Waals surface area contributed by atoms with E-state index in [0.29, 0.717) is 23.8 Å². The van der Waals surface area contributed by atoms with Gasteiger partial charge in [0.25, 0.3) is 5.91 Å². The summed E-state index contributed by atoms with van der Waals surface area (Å²) in [6.45, 7) is 8.35. The maximum absolute atomic E-state index is 11.5. The highest BCUT2D eigenvalue weighted by molar-refractivity contribution is 5.95. The molecule has 2 aliphatic heterocycles. The van der Waals surface area contributed by atoms with Gasteiger partial charge in [-0.3, -0.25) is 9.69 Å². The van der Waals surface area contributed by atoms with Crippen molar-refractivity contribution in [1.29, 1.82) is 0 Å². The summed E-state index contributed by atoms with van der Waals surface area (Å²) >= 11 is 0. The van der Waals surface area contributed by atoms with Crippen molar-refractivity contribution in [3.8, 4) is 17.2 Å². The molecule has 9 nitrogen and oxygen atoms in total. The van der Waals surface area contributed by atoms with Crippen LogP contribution >= 0.6 is 12.4 Å². The fourth-order valence-corrected chi connectivity index (χ4v) is 4.12. The maximum atomic E-state index is 11.5. The van der Waals surface area contributed by atoms with Gasteiger partial charge in [0.05, 0.1) is 18.0 Å². The van der Waals surface area contributed by atoms with Crippen LogP contribution < -0.4 is 24.4 Å². The standard InChI is InChI=1S/C26H33N3O6.ClH/c1-26(2,25(31)32)35-23-8-4-3-7-21(23)29-14-12-28(13-15-29)11-5-6-16-33-19-9-10-22-20(17-19)27-24(30)18-34-22;/h3-4,7-10,17H,5-6,11-16,18H2,1-2H3,(H,27,30)(H,31,32);1H. The number of carboxylic acids is 1. The van der Waals surface area contributed by atoms with Crippen molar-refractivity contribution in [3.63, 3.8) is 0 Å². The number of carboxylic acid groups (broad SMARTS) is 1. The van der Waals surface area contributed by atoms with E-state index in [1.807, 2.05) is 36.4 Å². The molecule has 0 radical (unpaired) electrons. The van der Waals surface area contributed by atoms with Crippen LogP contribution in [-0.4, -0.2) is 73.4 Å². The molecule has 1 saturated heterocycles. The molecule has 1 fully saturated rings. The number of amides is 1. The number of unbranched alkanes of at least 4 members (excludes halogenated alkanes) is 1. The third-order valence-electron chi connectivity index (χ3n) is 6.18. The van der Waals surface area contributed by atoms with E-state index in [4.69, 9.17) is 14.2 Å². The zero-order chi connectivity index (χ0) is 24.8. The average Bonchev–Trinajstić information content (AvgIpc) is 2.84. The van der Waals surface area contributed by atoms with E-state index in [1.54, 1.807) is 19.9 Å². The Morgan fingerprint density at radius 2 is 1.86 bits per heavy atom. The Labute approximate surface area is 217 Å². The minimum absolute atomic E-state index is 0. The molecule has 36 heavy (non-hydrogen) atoms. The number of hydrogen-bond donors (Lipinski definition) is 2. The highest BCUT2D eigenvalue weighted by atomic mass is 35.5. The zero-order valence-corrected chi connectivity index (χ0v) is 21.5. The van der Waals surface area contributed by atoms with Crippen molar-refractivity contribution in [2.75, 3.05) is 56.2 Å². The van der Waals surface area contributed by atoms with Crippen molar-refractivity contribution >= 4 is 35.7 Å². The molecule has 2 aliphatic rings. The first-order valence-electron chi connectivity index (χ1n) is 12.0. The number of aliphatic carboxylic acids is 1. The Kier molecular flexibility index (Phi) is 9.28. The van der Waals surface area contributed by atoms with Crippen LogP contribution in [0.2, 0.25) is 0 Å². The molecule has 1 amide bonds. The predicted octanol–water partition coefficient (Wildman–Crippen LogP) is 3.66. The molecule has 0 aliphatic carbocycles. The molecular weight excluding hydrogens is 486 g/mol.